The summed E-state index contributed by atoms with van der Waals surface area (Å²) < 4.78 is 0. The van der Waals surface area contributed by atoms with Crippen LogP contribution in [0.5, 0.6) is 0 Å². The van der Waals surface area contributed by atoms with Gasteiger partial charge in [0.05, 0.1) is 22.9 Å². The number of nitriles is 1. The summed E-state index contributed by atoms with van der Waals surface area (Å²) in [6, 6.07) is 20.8. The van der Waals surface area contributed by atoms with Gasteiger partial charge in [0.25, 0.3) is 5.91 Å². The van der Waals surface area contributed by atoms with Crippen LogP contribution in [-0.4, -0.2) is 17.4 Å². The standard InChI is InChI=1S/C21H18N4O/c22-13-17-6-8-19(9-7-17)25-21(26)18-12-20(15-23-14-18)24-11-10-16-4-2-1-3-5-16/h1-9,12,14-15,24H,10-11H2,(H,25,26). The van der Waals surface area contributed by atoms with Crippen molar-refractivity contribution in [3.05, 3.63) is 89.7 Å². The van der Waals surface area contributed by atoms with Crippen LogP contribution in [0.25, 0.3) is 0 Å². The maximum absolute atomic E-state index is 12.4. The fourth-order valence-electron chi connectivity index (χ4n) is 2.49. The molecule has 0 aliphatic carbocycles. The molecule has 3 aromatic rings. The van der Waals surface area contributed by atoms with Crippen molar-refractivity contribution < 1.29 is 4.79 Å². The molecule has 26 heavy (non-hydrogen) atoms. The van der Waals surface area contributed by atoms with Gasteiger partial charge < -0.3 is 10.6 Å². The second-order valence-corrected chi connectivity index (χ2v) is 5.77. The zero-order valence-electron chi connectivity index (χ0n) is 14.1. The molecule has 2 N–H and O–H groups in total. The first-order chi connectivity index (χ1) is 12.7. The lowest BCUT2D eigenvalue weighted by molar-refractivity contribution is 0.102. The molecule has 1 amide bonds. The second-order valence-electron chi connectivity index (χ2n) is 5.77. The number of nitrogens with zero attached hydrogens (tertiary/aromatic N) is 2. The molecule has 1 heterocycles. The molecule has 0 radical (unpaired) electrons. The van der Waals surface area contributed by atoms with Gasteiger partial charge in [-0.15, -0.1) is 0 Å². The number of rotatable bonds is 6. The predicted molar refractivity (Wildman–Crippen MR) is 102 cm³/mol. The van der Waals surface area contributed by atoms with E-state index in [1.807, 2.05) is 24.3 Å². The summed E-state index contributed by atoms with van der Waals surface area (Å²) in [7, 11) is 0. The number of hydrogen-bond acceptors (Lipinski definition) is 4. The summed E-state index contributed by atoms with van der Waals surface area (Å²) in [6.45, 7) is 0.756. The maximum atomic E-state index is 12.4. The number of pyridine rings is 1. The first-order valence-electron chi connectivity index (χ1n) is 8.29. The summed E-state index contributed by atoms with van der Waals surface area (Å²) in [5, 5.41) is 14.9. The molecule has 0 atom stereocenters. The monoisotopic (exact) mass is 342 g/mol. The van der Waals surface area contributed by atoms with Crippen LogP contribution in [0.15, 0.2) is 73.1 Å². The van der Waals surface area contributed by atoms with Gasteiger partial charge in [0.2, 0.25) is 0 Å². The lowest BCUT2D eigenvalue weighted by Crippen LogP contribution is -2.13. The van der Waals surface area contributed by atoms with Crippen molar-refractivity contribution in [2.24, 2.45) is 0 Å². The van der Waals surface area contributed by atoms with E-state index in [4.69, 9.17) is 5.26 Å². The first kappa shape index (κ1) is 17.2. The Morgan fingerprint density at radius 3 is 2.50 bits per heavy atom. The zero-order valence-corrected chi connectivity index (χ0v) is 14.1. The average molecular weight is 342 g/mol. The molecule has 0 saturated carbocycles. The first-order valence-corrected chi connectivity index (χ1v) is 8.29. The molecule has 0 bridgehead atoms. The Labute approximate surface area is 152 Å². The Bertz CT molecular complexity index is 915. The molecule has 3 rings (SSSR count). The Hall–Kier alpha value is -3.65. The van der Waals surface area contributed by atoms with E-state index in [9.17, 15) is 4.79 Å². The predicted octanol–water partition coefficient (Wildman–Crippen LogP) is 3.86. The summed E-state index contributed by atoms with van der Waals surface area (Å²) >= 11 is 0. The second kappa shape index (κ2) is 8.45. The van der Waals surface area contributed by atoms with Crippen molar-refractivity contribution in [3.8, 4) is 6.07 Å². The number of amides is 1. The molecular weight excluding hydrogens is 324 g/mol. The number of hydrogen-bond donors (Lipinski definition) is 2. The topological polar surface area (TPSA) is 77.8 Å². The molecule has 0 spiro atoms. The summed E-state index contributed by atoms with van der Waals surface area (Å²) in [5.74, 6) is -0.242. The van der Waals surface area contributed by atoms with Crippen LogP contribution in [0.2, 0.25) is 0 Å². The molecule has 128 valence electrons. The molecule has 0 unspecified atom stereocenters. The van der Waals surface area contributed by atoms with Crippen LogP contribution in [0, 0.1) is 11.3 Å². The van der Waals surface area contributed by atoms with Gasteiger partial charge in [-0.25, -0.2) is 0 Å². The molecule has 5 nitrogen and oxygen atoms in total. The molecule has 0 aliphatic rings. The molecule has 2 aromatic carbocycles. The van der Waals surface area contributed by atoms with Crippen molar-refractivity contribution in [1.29, 1.82) is 5.26 Å². The maximum Gasteiger partial charge on any atom is 0.257 e. The van der Waals surface area contributed by atoms with Crippen LogP contribution in [0.4, 0.5) is 11.4 Å². The highest BCUT2D eigenvalue weighted by Gasteiger charge is 2.08. The quantitative estimate of drug-likeness (QED) is 0.713. The lowest BCUT2D eigenvalue weighted by atomic mass is 10.1. The number of carbonyl (C=O) groups excluding carboxylic acids is 1. The third-order valence-electron chi connectivity index (χ3n) is 3.86. The van der Waals surface area contributed by atoms with E-state index in [0.717, 1.165) is 18.7 Å². The van der Waals surface area contributed by atoms with Gasteiger partial charge in [-0.05, 0) is 42.3 Å². The summed E-state index contributed by atoms with van der Waals surface area (Å²) in [4.78, 5) is 16.5. The summed E-state index contributed by atoms with van der Waals surface area (Å²) in [5.41, 5.74) is 3.71. The van der Waals surface area contributed by atoms with Crippen molar-refractivity contribution in [1.82, 2.24) is 4.98 Å². The van der Waals surface area contributed by atoms with Crippen molar-refractivity contribution in [2.75, 3.05) is 17.2 Å². The van der Waals surface area contributed by atoms with Gasteiger partial charge in [-0.1, -0.05) is 30.3 Å². The number of aromatic nitrogens is 1. The Kier molecular flexibility index (Phi) is 5.58. The number of anilines is 2. The van der Waals surface area contributed by atoms with Gasteiger partial charge in [0.1, 0.15) is 0 Å². The van der Waals surface area contributed by atoms with Crippen LogP contribution >= 0.6 is 0 Å². The molecule has 1 aromatic heterocycles. The van der Waals surface area contributed by atoms with Crippen LogP contribution in [-0.2, 0) is 6.42 Å². The fourth-order valence-corrected chi connectivity index (χ4v) is 2.49. The number of nitrogens with one attached hydrogen (secondary N) is 2. The minimum atomic E-state index is -0.242. The third-order valence-corrected chi connectivity index (χ3v) is 3.86. The van der Waals surface area contributed by atoms with Gasteiger partial charge in [0, 0.05) is 24.6 Å². The van der Waals surface area contributed by atoms with E-state index in [1.165, 1.54) is 11.8 Å². The largest absolute Gasteiger partial charge is 0.383 e. The highest BCUT2D eigenvalue weighted by atomic mass is 16.1. The van der Waals surface area contributed by atoms with E-state index >= 15 is 0 Å². The molecular formula is C21H18N4O. The highest BCUT2D eigenvalue weighted by molar-refractivity contribution is 6.04. The van der Waals surface area contributed by atoms with E-state index in [1.54, 1.807) is 36.5 Å². The average Bonchev–Trinajstić information content (AvgIpc) is 2.69. The zero-order chi connectivity index (χ0) is 18.2. The smallest absolute Gasteiger partial charge is 0.257 e. The van der Waals surface area contributed by atoms with E-state index < -0.39 is 0 Å². The Morgan fingerprint density at radius 1 is 1.00 bits per heavy atom. The van der Waals surface area contributed by atoms with Gasteiger partial charge in [0.15, 0.2) is 0 Å². The van der Waals surface area contributed by atoms with E-state index in [2.05, 4.69) is 27.8 Å². The highest BCUT2D eigenvalue weighted by Crippen LogP contribution is 2.13. The van der Waals surface area contributed by atoms with E-state index in [-0.39, 0.29) is 5.91 Å². The minimum absolute atomic E-state index is 0.242. The summed E-state index contributed by atoms with van der Waals surface area (Å²) in [6.07, 6.45) is 4.12. The van der Waals surface area contributed by atoms with Gasteiger partial charge in [-0.2, -0.15) is 5.26 Å². The Morgan fingerprint density at radius 2 is 1.77 bits per heavy atom. The SMILES string of the molecule is N#Cc1ccc(NC(=O)c2cncc(NCCc3ccccc3)c2)cc1. The van der Waals surface area contributed by atoms with Crippen molar-refractivity contribution in [2.45, 2.75) is 6.42 Å². The third kappa shape index (κ3) is 4.68. The molecule has 5 heteroatoms. The normalized spacial score (nSPS) is 9.96. The number of carbonyl (C=O) groups is 1. The molecule has 0 aliphatic heterocycles. The van der Waals surface area contributed by atoms with Crippen LogP contribution in [0.1, 0.15) is 21.5 Å². The fraction of sp³-hybridized carbons (Fsp3) is 0.0952. The van der Waals surface area contributed by atoms with Gasteiger partial charge in [-0.3, -0.25) is 9.78 Å². The minimum Gasteiger partial charge on any atom is -0.383 e. The van der Waals surface area contributed by atoms with Crippen molar-refractivity contribution >= 4 is 17.3 Å². The van der Waals surface area contributed by atoms with E-state index in [0.29, 0.717) is 16.8 Å². The van der Waals surface area contributed by atoms with Gasteiger partial charge >= 0.3 is 0 Å². The van der Waals surface area contributed by atoms with Crippen molar-refractivity contribution in [3.63, 3.8) is 0 Å². The van der Waals surface area contributed by atoms with Crippen LogP contribution < -0.4 is 10.6 Å². The number of benzene rings is 2. The van der Waals surface area contributed by atoms with Crippen LogP contribution in [0.3, 0.4) is 0 Å². The molecule has 0 saturated heterocycles. The lowest BCUT2D eigenvalue weighted by Gasteiger charge is -2.09. The molecule has 0 fully saturated rings. The Balaban J connectivity index is 1.59.